The Bertz CT molecular complexity index is 947. The van der Waals surface area contributed by atoms with Gasteiger partial charge in [-0.25, -0.2) is 4.79 Å². The van der Waals surface area contributed by atoms with Crippen molar-refractivity contribution in [2.24, 2.45) is 0 Å². The monoisotopic (exact) mass is 412 g/mol. The number of aryl methyl sites for hydroxylation is 2. The number of carbonyl (C=O) groups is 1. The van der Waals surface area contributed by atoms with E-state index >= 15 is 0 Å². The second-order valence-corrected chi connectivity index (χ2v) is 7.42. The molecule has 1 aliphatic heterocycles. The molecule has 2 amide bonds. The normalized spacial score (nSPS) is 13.9. The quantitative estimate of drug-likeness (QED) is 0.825. The fourth-order valence-corrected chi connectivity index (χ4v) is 3.68. The predicted molar refractivity (Wildman–Crippen MR) is 114 cm³/mol. The Kier molecular flexibility index (Phi) is 6.55. The lowest BCUT2D eigenvalue weighted by Gasteiger charge is -2.35. The SMILES string of the molecule is CCc1nnc(N2CCN(C(=O)Nc3ccc(C)c(Cl)c3)CC2)c(C#N)c1CC. The number of hydrogen-bond acceptors (Lipinski definition) is 5. The number of rotatable bonds is 4. The molecule has 0 radical (unpaired) electrons. The number of piperazine rings is 1. The van der Waals surface area contributed by atoms with E-state index in [1.54, 1.807) is 11.0 Å². The highest BCUT2D eigenvalue weighted by atomic mass is 35.5. The average molecular weight is 413 g/mol. The van der Waals surface area contributed by atoms with Crippen LogP contribution in [0, 0.1) is 18.3 Å². The molecule has 0 atom stereocenters. The van der Waals surface area contributed by atoms with Crippen LogP contribution in [0.5, 0.6) is 0 Å². The molecule has 152 valence electrons. The number of nitriles is 1. The number of nitrogens with zero attached hydrogens (tertiary/aromatic N) is 5. The van der Waals surface area contributed by atoms with Crippen LogP contribution in [-0.2, 0) is 12.8 Å². The maximum absolute atomic E-state index is 12.6. The largest absolute Gasteiger partial charge is 0.350 e. The minimum Gasteiger partial charge on any atom is -0.350 e. The number of halogens is 1. The zero-order chi connectivity index (χ0) is 21.0. The zero-order valence-corrected chi connectivity index (χ0v) is 17.8. The van der Waals surface area contributed by atoms with E-state index in [1.807, 2.05) is 37.8 Å². The van der Waals surface area contributed by atoms with Gasteiger partial charge in [-0.3, -0.25) is 0 Å². The summed E-state index contributed by atoms with van der Waals surface area (Å²) in [5.41, 5.74) is 4.09. The highest BCUT2D eigenvalue weighted by Crippen LogP contribution is 2.25. The molecule has 1 aromatic carbocycles. The van der Waals surface area contributed by atoms with Gasteiger partial charge in [-0.1, -0.05) is 31.5 Å². The lowest BCUT2D eigenvalue weighted by Crippen LogP contribution is -2.50. The minimum atomic E-state index is -0.160. The third kappa shape index (κ3) is 4.43. The molecule has 7 nitrogen and oxygen atoms in total. The van der Waals surface area contributed by atoms with E-state index in [2.05, 4.69) is 21.6 Å². The fourth-order valence-electron chi connectivity index (χ4n) is 3.50. The molecule has 1 aliphatic rings. The van der Waals surface area contributed by atoms with Gasteiger partial charge in [-0.15, -0.1) is 5.10 Å². The van der Waals surface area contributed by atoms with Crippen LogP contribution in [0.3, 0.4) is 0 Å². The van der Waals surface area contributed by atoms with E-state index in [-0.39, 0.29) is 6.03 Å². The molecule has 1 fully saturated rings. The number of amides is 2. The summed E-state index contributed by atoms with van der Waals surface area (Å²) in [4.78, 5) is 16.4. The van der Waals surface area contributed by atoms with Crippen LogP contribution in [0.25, 0.3) is 0 Å². The van der Waals surface area contributed by atoms with Crippen molar-refractivity contribution < 1.29 is 4.79 Å². The van der Waals surface area contributed by atoms with E-state index in [0.717, 1.165) is 29.7 Å². The summed E-state index contributed by atoms with van der Waals surface area (Å²) in [6.07, 6.45) is 1.50. The Morgan fingerprint density at radius 2 is 1.93 bits per heavy atom. The van der Waals surface area contributed by atoms with Crippen molar-refractivity contribution in [3.63, 3.8) is 0 Å². The summed E-state index contributed by atoms with van der Waals surface area (Å²) in [6.45, 7) is 8.23. The zero-order valence-electron chi connectivity index (χ0n) is 17.0. The number of carbonyl (C=O) groups excluding carboxylic acids is 1. The van der Waals surface area contributed by atoms with Crippen LogP contribution < -0.4 is 10.2 Å². The van der Waals surface area contributed by atoms with Gasteiger partial charge in [-0.05, 0) is 43.0 Å². The number of urea groups is 1. The maximum atomic E-state index is 12.6. The van der Waals surface area contributed by atoms with Crippen LogP contribution in [0.4, 0.5) is 16.3 Å². The molecule has 1 saturated heterocycles. The Hall–Kier alpha value is -2.85. The standard InChI is InChI=1S/C21H25ClN6O/c1-4-16-17(13-23)20(26-25-19(16)5-2)27-8-10-28(11-9-27)21(29)24-15-7-6-14(3)18(22)12-15/h6-7,12H,4-5,8-11H2,1-3H3,(H,24,29). The topological polar surface area (TPSA) is 85.2 Å². The second kappa shape index (κ2) is 9.10. The summed E-state index contributed by atoms with van der Waals surface area (Å²) < 4.78 is 0. The van der Waals surface area contributed by atoms with Crippen molar-refractivity contribution in [2.75, 3.05) is 36.4 Å². The van der Waals surface area contributed by atoms with Crippen LogP contribution in [0.1, 0.15) is 36.2 Å². The Balaban J connectivity index is 1.68. The smallest absolute Gasteiger partial charge is 0.321 e. The van der Waals surface area contributed by atoms with Crippen LogP contribution in [0.15, 0.2) is 18.2 Å². The molecule has 0 unspecified atom stereocenters. The number of nitrogens with one attached hydrogen (secondary N) is 1. The molecule has 0 saturated carbocycles. The predicted octanol–water partition coefficient (Wildman–Crippen LogP) is 3.79. The first-order chi connectivity index (χ1) is 14.0. The third-order valence-electron chi connectivity index (χ3n) is 5.23. The average Bonchev–Trinajstić information content (AvgIpc) is 2.75. The number of anilines is 2. The van der Waals surface area contributed by atoms with Gasteiger partial charge in [0.15, 0.2) is 5.82 Å². The van der Waals surface area contributed by atoms with Gasteiger partial charge in [0.1, 0.15) is 11.6 Å². The van der Waals surface area contributed by atoms with Gasteiger partial charge >= 0.3 is 6.03 Å². The fraction of sp³-hybridized carbons (Fsp3) is 0.429. The van der Waals surface area contributed by atoms with Crippen LogP contribution in [0.2, 0.25) is 5.02 Å². The summed E-state index contributed by atoms with van der Waals surface area (Å²) >= 11 is 6.13. The summed E-state index contributed by atoms with van der Waals surface area (Å²) in [7, 11) is 0. The van der Waals surface area contributed by atoms with E-state index in [9.17, 15) is 10.1 Å². The van der Waals surface area contributed by atoms with Crippen molar-refractivity contribution >= 4 is 29.1 Å². The minimum absolute atomic E-state index is 0.160. The Morgan fingerprint density at radius 1 is 1.21 bits per heavy atom. The summed E-state index contributed by atoms with van der Waals surface area (Å²) in [5, 5.41) is 21.9. The van der Waals surface area contributed by atoms with Gasteiger partial charge < -0.3 is 15.1 Å². The first kappa shape index (κ1) is 20.9. The van der Waals surface area contributed by atoms with Gasteiger partial charge in [-0.2, -0.15) is 10.4 Å². The summed E-state index contributed by atoms with van der Waals surface area (Å²) in [6, 6.07) is 7.62. The molecular formula is C21H25ClN6O. The molecule has 0 bridgehead atoms. The highest BCUT2D eigenvalue weighted by Gasteiger charge is 2.25. The van der Waals surface area contributed by atoms with Crippen molar-refractivity contribution in [1.29, 1.82) is 5.26 Å². The third-order valence-corrected chi connectivity index (χ3v) is 5.64. The van der Waals surface area contributed by atoms with Gasteiger partial charge in [0.2, 0.25) is 0 Å². The Labute approximate surface area is 176 Å². The van der Waals surface area contributed by atoms with E-state index in [0.29, 0.717) is 48.3 Å². The molecule has 1 N–H and O–H groups in total. The molecule has 2 heterocycles. The number of hydrogen-bond donors (Lipinski definition) is 1. The maximum Gasteiger partial charge on any atom is 0.321 e. The Morgan fingerprint density at radius 3 is 2.52 bits per heavy atom. The first-order valence-corrected chi connectivity index (χ1v) is 10.2. The van der Waals surface area contributed by atoms with Gasteiger partial charge in [0.25, 0.3) is 0 Å². The van der Waals surface area contributed by atoms with Crippen LogP contribution in [-0.4, -0.2) is 47.3 Å². The lowest BCUT2D eigenvalue weighted by atomic mass is 10.0. The lowest BCUT2D eigenvalue weighted by molar-refractivity contribution is 0.208. The molecular weight excluding hydrogens is 388 g/mol. The molecule has 8 heteroatoms. The van der Waals surface area contributed by atoms with Crippen molar-refractivity contribution in [3.8, 4) is 6.07 Å². The van der Waals surface area contributed by atoms with Crippen molar-refractivity contribution in [1.82, 2.24) is 15.1 Å². The van der Waals surface area contributed by atoms with Crippen molar-refractivity contribution in [2.45, 2.75) is 33.6 Å². The molecule has 3 rings (SSSR count). The second-order valence-electron chi connectivity index (χ2n) is 7.01. The first-order valence-electron chi connectivity index (χ1n) is 9.84. The van der Waals surface area contributed by atoms with Crippen molar-refractivity contribution in [3.05, 3.63) is 45.6 Å². The molecule has 1 aromatic heterocycles. The number of aromatic nitrogens is 2. The summed E-state index contributed by atoms with van der Waals surface area (Å²) in [5.74, 6) is 0.618. The molecule has 29 heavy (non-hydrogen) atoms. The number of benzene rings is 1. The van der Waals surface area contributed by atoms with E-state index in [1.165, 1.54) is 0 Å². The highest BCUT2D eigenvalue weighted by molar-refractivity contribution is 6.31. The van der Waals surface area contributed by atoms with Gasteiger partial charge in [0.05, 0.1) is 5.69 Å². The van der Waals surface area contributed by atoms with E-state index < -0.39 is 0 Å². The molecule has 2 aromatic rings. The van der Waals surface area contributed by atoms with E-state index in [4.69, 9.17) is 11.6 Å². The molecule has 0 aliphatic carbocycles. The molecule has 0 spiro atoms. The van der Waals surface area contributed by atoms with Crippen LogP contribution >= 0.6 is 11.6 Å². The van der Waals surface area contributed by atoms with Gasteiger partial charge in [0, 0.05) is 36.9 Å².